The zero-order chi connectivity index (χ0) is 15.4. The number of benzene rings is 1. The van der Waals surface area contributed by atoms with Crippen molar-refractivity contribution in [3.63, 3.8) is 0 Å². The minimum absolute atomic E-state index is 0.0576. The number of likely N-dealkylation sites (N-methyl/N-ethyl adjacent to an activating group) is 1. The summed E-state index contributed by atoms with van der Waals surface area (Å²) in [4.78, 5) is 25.3. The molecule has 3 N–H and O–H groups in total. The lowest BCUT2D eigenvalue weighted by Gasteiger charge is -2.23. The zero-order valence-electron chi connectivity index (χ0n) is 12.1. The van der Waals surface area contributed by atoms with E-state index in [4.69, 9.17) is 15.2 Å². The van der Waals surface area contributed by atoms with Crippen molar-refractivity contribution in [1.82, 2.24) is 10.2 Å². The summed E-state index contributed by atoms with van der Waals surface area (Å²) in [5.41, 5.74) is 5.76. The average Bonchev–Trinajstić information content (AvgIpc) is 2.98. The van der Waals surface area contributed by atoms with Crippen LogP contribution in [0.1, 0.15) is 17.3 Å². The van der Waals surface area contributed by atoms with E-state index in [0.717, 1.165) is 0 Å². The normalized spacial score (nSPS) is 14.1. The second kappa shape index (κ2) is 6.55. The zero-order valence-corrected chi connectivity index (χ0v) is 12.1. The molecule has 1 amide bonds. The van der Waals surface area contributed by atoms with Gasteiger partial charge in [-0.2, -0.15) is 0 Å². The van der Waals surface area contributed by atoms with Gasteiger partial charge in [-0.1, -0.05) is 0 Å². The molecule has 0 bridgehead atoms. The predicted molar refractivity (Wildman–Crippen MR) is 76.2 cm³/mol. The summed E-state index contributed by atoms with van der Waals surface area (Å²) >= 11 is 0. The first-order chi connectivity index (χ1) is 10.0. The topological polar surface area (TPSA) is 93.9 Å². The van der Waals surface area contributed by atoms with Crippen LogP contribution < -0.4 is 20.5 Å². The standard InChI is InChI=1S/C14H19N3O4/c1-9(17(2)7-16-13(18)6-15)14(19)10-3-4-11-12(5-10)21-8-20-11/h3-5,9H,6-8,15H2,1-2H3,(H,16,18). The lowest BCUT2D eigenvalue weighted by Crippen LogP contribution is -2.44. The van der Waals surface area contributed by atoms with Gasteiger partial charge in [0.15, 0.2) is 17.3 Å². The molecule has 1 aliphatic rings. The molecule has 114 valence electrons. The number of nitrogens with one attached hydrogen (secondary N) is 1. The molecule has 0 aliphatic carbocycles. The van der Waals surface area contributed by atoms with Crippen LogP contribution >= 0.6 is 0 Å². The van der Waals surface area contributed by atoms with Crippen LogP contribution in [0, 0.1) is 0 Å². The van der Waals surface area contributed by atoms with Gasteiger partial charge >= 0.3 is 0 Å². The monoisotopic (exact) mass is 293 g/mol. The number of hydrogen-bond acceptors (Lipinski definition) is 6. The highest BCUT2D eigenvalue weighted by Gasteiger charge is 2.22. The number of nitrogens with two attached hydrogens (primary N) is 1. The molecule has 7 nitrogen and oxygen atoms in total. The molecule has 0 radical (unpaired) electrons. The van der Waals surface area contributed by atoms with Crippen molar-refractivity contribution in [2.75, 3.05) is 27.1 Å². The van der Waals surface area contributed by atoms with Crippen molar-refractivity contribution in [3.05, 3.63) is 23.8 Å². The molecule has 1 aliphatic heterocycles. The minimum atomic E-state index is -0.386. The van der Waals surface area contributed by atoms with E-state index in [-0.39, 0.29) is 37.7 Å². The second-order valence-corrected chi connectivity index (χ2v) is 4.83. The Morgan fingerprint density at radius 3 is 2.81 bits per heavy atom. The molecule has 2 rings (SSSR count). The van der Waals surface area contributed by atoms with Crippen LogP contribution in [-0.2, 0) is 4.79 Å². The molecule has 1 unspecified atom stereocenters. The van der Waals surface area contributed by atoms with Gasteiger partial charge < -0.3 is 20.5 Å². The molecule has 0 spiro atoms. The van der Waals surface area contributed by atoms with Gasteiger partial charge in [0.05, 0.1) is 19.3 Å². The van der Waals surface area contributed by atoms with E-state index in [0.29, 0.717) is 17.1 Å². The maximum atomic E-state index is 12.4. The van der Waals surface area contributed by atoms with Crippen LogP contribution in [0.3, 0.4) is 0 Å². The number of fused-ring (bicyclic) bond motifs is 1. The quantitative estimate of drug-likeness (QED) is 0.564. The SMILES string of the molecule is CC(C(=O)c1ccc2c(c1)OCO2)N(C)CNC(=O)CN. The van der Waals surface area contributed by atoms with E-state index < -0.39 is 0 Å². The molecule has 1 aromatic carbocycles. The molecular formula is C14H19N3O4. The number of rotatable bonds is 6. The van der Waals surface area contributed by atoms with E-state index in [1.807, 2.05) is 0 Å². The fourth-order valence-corrected chi connectivity index (χ4v) is 1.91. The highest BCUT2D eigenvalue weighted by atomic mass is 16.7. The van der Waals surface area contributed by atoms with Crippen molar-refractivity contribution in [2.45, 2.75) is 13.0 Å². The maximum Gasteiger partial charge on any atom is 0.234 e. The highest BCUT2D eigenvalue weighted by molar-refractivity contribution is 6.00. The molecule has 0 saturated carbocycles. The van der Waals surface area contributed by atoms with Crippen LogP contribution in [-0.4, -0.2) is 49.7 Å². The Labute approximate surface area is 123 Å². The molecule has 7 heteroatoms. The summed E-state index contributed by atoms with van der Waals surface area (Å²) < 4.78 is 10.5. The van der Waals surface area contributed by atoms with Crippen molar-refractivity contribution in [2.24, 2.45) is 5.73 Å². The van der Waals surface area contributed by atoms with Crippen molar-refractivity contribution in [1.29, 1.82) is 0 Å². The van der Waals surface area contributed by atoms with Gasteiger partial charge in [0, 0.05) is 5.56 Å². The van der Waals surface area contributed by atoms with Crippen LogP contribution in [0.2, 0.25) is 0 Å². The minimum Gasteiger partial charge on any atom is -0.454 e. The largest absolute Gasteiger partial charge is 0.454 e. The molecule has 21 heavy (non-hydrogen) atoms. The smallest absolute Gasteiger partial charge is 0.234 e. The number of nitrogens with zero attached hydrogens (tertiary/aromatic N) is 1. The number of carbonyl (C=O) groups is 2. The van der Waals surface area contributed by atoms with E-state index >= 15 is 0 Å². The van der Waals surface area contributed by atoms with Gasteiger partial charge in [-0.05, 0) is 32.2 Å². The molecule has 0 saturated heterocycles. The summed E-state index contributed by atoms with van der Waals surface area (Å²) in [7, 11) is 1.76. The number of carbonyl (C=O) groups excluding carboxylic acids is 2. The number of ketones is 1. The van der Waals surface area contributed by atoms with Gasteiger partial charge in [0.25, 0.3) is 0 Å². The Morgan fingerprint density at radius 2 is 2.10 bits per heavy atom. The fourth-order valence-electron chi connectivity index (χ4n) is 1.91. The lowest BCUT2D eigenvalue weighted by molar-refractivity contribution is -0.120. The highest BCUT2D eigenvalue weighted by Crippen LogP contribution is 2.32. The second-order valence-electron chi connectivity index (χ2n) is 4.83. The first-order valence-corrected chi connectivity index (χ1v) is 6.63. The van der Waals surface area contributed by atoms with Gasteiger partial charge in [-0.25, -0.2) is 0 Å². The summed E-state index contributed by atoms with van der Waals surface area (Å²) in [5, 5.41) is 2.63. The third kappa shape index (κ3) is 3.50. The van der Waals surface area contributed by atoms with Gasteiger partial charge in [0.1, 0.15) is 0 Å². The van der Waals surface area contributed by atoms with Crippen LogP contribution in [0.15, 0.2) is 18.2 Å². The third-order valence-corrected chi connectivity index (χ3v) is 3.41. The first kappa shape index (κ1) is 15.3. The van der Waals surface area contributed by atoms with E-state index in [9.17, 15) is 9.59 Å². The molecule has 1 aromatic rings. The van der Waals surface area contributed by atoms with E-state index in [1.54, 1.807) is 37.1 Å². The van der Waals surface area contributed by atoms with Gasteiger partial charge in [-0.3, -0.25) is 14.5 Å². The molecule has 0 aromatic heterocycles. The van der Waals surface area contributed by atoms with E-state index in [2.05, 4.69) is 5.32 Å². The molecule has 0 fully saturated rings. The number of Topliss-reactive ketones (excluding diaryl/α,β-unsaturated/α-hetero) is 1. The summed E-state index contributed by atoms with van der Waals surface area (Å²) in [6.45, 7) is 2.14. The van der Waals surface area contributed by atoms with Crippen LogP contribution in [0.5, 0.6) is 11.5 Å². The van der Waals surface area contributed by atoms with Gasteiger partial charge in [0.2, 0.25) is 12.7 Å². The number of amides is 1. The lowest BCUT2D eigenvalue weighted by atomic mass is 10.0. The molecule has 1 heterocycles. The summed E-state index contributed by atoms with van der Waals surface area (Å²) in [6.07, 6.45) is 0. The van der Waals surface area contributed by atoms with Crippen molar-refractivity contribution < 1.29 is 19.1 Å². The third-order valence-electron chi connectivity index (χ3n) is 3.41. The maximum absolute atomic E-state index is 12.4. The van der Waals surface area contributed by atoms with Crippen LogP contribution in [0.4, 0.5) is 0 Å². The first-order valence-electron chi connectivity index (χ1n) is 6.63. The van der Waals surface area contributed by atoms with E-state index in [1.165, 1.54) is 0 Å². The van der Waals surface area contributed by atoms with Crippen molar-refractivity contribution >= 4 is 11.7 Å². The van der Waals surface area contributed by atoms with Crippen molar-refractivity contribution in [3.8, 4) is 11.5 Å². The Kier molecular flexibility index (Phi) is 4.77. The average molecular weight is 293 g/mol. The number of ether oxygens (including phenoxy) is 2. The Bertz CT molecular complexity index is 547. The van der Waals surface area contributed by atoms with Crippen LogP contribution in [0.25, 0.3) is 0 Å². The summed E-state index contributed by atoms with van der Waals surface area (Å²) in [5.74, 6) is 0.900. The summed E-state index contributed by atoms with van der Waals surface area (Å²) in [6, 6.07) is 4.72. The Morgan fingerprint density at radius 1 is 1.38 bits per heavy atom. The fraction of sp³-hybridized carbons (Fsp3) is 0.429. The predicted octanol–water partition coefficient (Wildman–Crippen LogP) is -0.0493. The number of hydrogen-bond donors (Lipinski definition) is 2. The Hall–Kier alpha value is -2.12. The molecule has 1 atom stereocenters. The molecular weight excluding hydrogens is 274 g/mol. The Balaban J connectivity index is 2.00. The van der Waals surface area contributed by atoms with Gasteiger partial charge in [-0.15, -0.1) is 0 Å².